The predicted molar refractivity (Wildman–Crippen MR) is 90.6 cm³/mol. The largest absolute Gasteiger partial charge is 0.497 e. The summed E-state index contributed by atoms with van der Waals surface area (Å²) in [5, 5.41) is 4.11. The van der Waals surface area contributed by atoms with Gasteiger partial charge in [0.05, 0.1) is 19.6 Å². The lowest BCUT2D eigenvalue weighted by Gasteiger charge is -2.08. The standard InChI is InChI=1S/C19H14O4/c1-21-12-5-3-11-4-7-15-14-8-6-13(22-2)10-17(14)19(20)23-18(15)16(11)9-12/h3-10H,1-2H3. The Labute approximate surface area is 131 Å². The molecule has 0 spiro atoms. The molecule has 0 aliphatic heterocycles. The van der Waals surface area contributed by atoms with E-state index in [1.807, 2.05) is 42.5 Å². The van der Waals surface area contributed by atoms with Gasteiger partial charge in [0.1, 0.15) is 17.1 Å². The number of hydrogen-bond donors (Lipinski definition) is 0. The van der Waals surface area contributed by atoms with Crippen LogP contribution in [0.1, 0.15) is 0 Å². The highest BCUT2D eigenvalue weighted by atomic mass is 16.5. The van der Waals surface area contributed by atoms with Crippen LogP contribution in [0.15, 0.2) is 57.7 Å². The van der Waals surface area contributed by atoms with E-state index in [-0.39, 0.29) is 5.63 Å². The Kier molecular flexibility index (Phi) is 2.98. The van der Waals surface area contributed by atoms with Gasteiger partial charge in [-0.2, -0.15) is 0 Å². The van der Waals surface area contributed by atoms with E-state index in [1.165, 1.54) is 0 Å². The van der Waals surface area contributed by atoms with Crippen LogP contribution in [0.4, 0.5) is 0 Å². The molecule has 0 fully saturated rings. The lowest BCUT2D eigenvalue weighted by molar-refractivity contribution is 0.415. The Morgan fingerprint density at radius 1 is 0.739 bits per heavy atom. The Morgan fingerprint density at radius 2 is 1.35 bits per heavy atom. The molecule has 1 heterocycles. The monoisotopic (exact) mass is 306 g/mol. The number of hydrogen-bond acceptors (Lipinski definition) is 4. The molecule has 1 aromatic heterocycles. The Hall–Kier alpha value is -3.01. The fraction of sp³-hybridized carbons (Fsp3) is 0.105. The molecule has 3 aromatic carbocycles. The molecule has 114 valence electrons. The van der Waals surface area contributed by atoms with Gasteiger partial charge in [-0.15, -0.1) is 0 Å². The van der Waals surface area contributed by atoms with Crippen molar-refractivity contribution in [2.75, 3.05) is 14.2 Å². The molecule has 4 aromatic rings. The average molecular weight is 306 g/mol. The maximum atomic E-state index is 12.4. The highest BCUT2D eigenvalue weighted by Crippen LogP contribution is 2.32. The molecule has 0 amide bonds. The summed E-state index contributed by atoms with van der Waals surface area (Å²) in [5.74, 6) is 1.36. The number of rotatable bonds is 2. The van der Waals surface area contributed by atoms with Gasteiger partial charge in [-0.05, 0) is 41.8 Å². The van der Waals surface area contributed by atoms with Crippen molar-refractivity contribution in [1.82, 2.24) is 0 Å². The van der Waals surface area contributed by atoms with E-state index in [0.717, 1.165) is 27.3 Å². The number of fused-ring (bicyclic) bond motifs is 5. The minimum atomic E-state index is -0.373. The van der Waals surface area contributed by atoms with Crippen molar-refractivity contribution in [3.8, 4) is 11.5 Å². The van der Waals surface area contributed by atoms with Crippen LogP contribution in [0.2, 0.25) is 0 Å². The zero-order chi connectivity index (χ0) is 16.0. The lowest BCUT2D eigenvalue weighted by Crippen LogP contribution is -2.00. The Balaban J connectivity index is 2.19. The van der Waals surface area contributed by atoms with E-state index in [0.29, 0.717) is 16.7 Å². The molecular weight excluding hydrogens is 292 g/mol. The Morgan fingerprint density at radius 3 is 2.09 bits per heavy atom. The molecule has 0 saturated heterocycles. The van der Waals surface area contributed by atoms with Gasteiger partial charge in [0.15, 0.2) is 0 Å². The summed E-state index contributed by atoms with van der Waals surface area (Å²) in [6, 6.07) is 15.1. The molecule has 0 aliphatic carbocycles. The van der Waals surface area contributed by atoms with Crippen molar-refractivity contribution in [1.29, 1.82) is 0 Å². The molecule has 4 heteroatoms. The molecular formula is C19H14O4. The highest BCUT2D eigenvalue weighted by Gasteiger charge is 2.11. The second kappa shape index (κ2) is 5.02. The highest BCUT2D eigenvalue weighted by molar-refractivity contribution is 6.14. The maximum Gasteiger partial charge on any atom is 0.344 e. The summed E-state index contributed by atoms with van der Waals surface area (Å²) in [7, 11) is 3.19. The van der Waals surface area contributed by atoms with Crippen LogP contribution in [0, 0.1) is 0 Å². The first kappa shape index (κ1) is 13.6. The number of methoxy groups -OCH3 is 2. The summed E-state index contributed by atoms with van der Waals surface area (Å²) in [6.07, 6.45) is 0. The van der Waals surface area contributed by atoms with Crippen molar-refractivity contribution >= 4 is 32.5 Å². The molecule has 0 bridgehead atoms. The predicted octanol–water partition coefficient (Wildman–Crippen LogP) is 4.12. The van der Waals surface area contributed by atoms with E-state index >= 15 is 0 Å². The van der Waals surface area contributed by atoms with Crippen LogP contribution in [0.5, 0.6) is 11.5 Å². The maximum absolute atomic E-state index is 12.4. The fourth-order valence-corrected chi connectivity index (χ4v) is 2.92. The van der Waals surface area contributed by atoms with Gasteiger partial charge in [-0.1, -0.05) is 12.1 Å². The molecule has 0 unspecified atom stereocenters. The first-order valence-electron chi connectivity index (χ1n) is 7.22. The zero-order valence-electron chi connectivity index (χ0n) is 12.8. The molecule has 0 saturated carbocycles. The molecule has 0 N–H and O–H groups in total. The van der Waals surface area contributed by atoms with Crippen molar-refractivity contribution < 1.29 is 13.9 Å². The van der Waals surface area contributed by atoms with Crippen molar-refractivity contribution in [2.24, 2.45) is 0 Å². The zero-order valence-corrected chi connectivity index (χ0v) is 12.8. The van der Waals surface area contributed by atoms with Crippen LogP contribution >= 0.6 is 0 Å². The first-order chi connectivity index (χ1) is 11.2. The van der Waals surface area contributed by atoms with E-state index in [1.54, 1.807) is 20.3 Å². The van der Waals surface area contributed by atoms with Crippen LogP contribution in [0.25, 0.3) is 32.5 Å². The summed E-state index contributed by atoms with van der Waals surface area (Å²) < 4.78 is 16.1. The van der Waals surface area contributed by atoms with Gasteiger partial charge in [-0.3, -0.25) is 0 Å². The SMILES string of the molecule is COc1ccc2c(c1)c(=O)oc1c3cc(OC)ccc3ccc21. The summed E-state index contributed by atoms with van der Waals surface area (Å²) in [6.45, 7) is 0. The van der Waals surface area contributed by atoms with Gasteiger partial charge in [-0.25, -0.2) is 4.79 Å². The molecule has 4 rings (SSSR count). The second-order valence-corrected chi connectivity index (χ2v) is 5.33. The van der Waals surface area contributed by atoms with Crippen LogP contribution in [-0.4, -0.2) is 14.2 Å². The third-order valence-corrected chi connectivity index (χ3v) is 4.11. The molecule has 4 nitrogen and oxygen atoms in total. The van der Waals surface area contributed by atoms with Gasteiger partial charge < -0.3 is 13.9 Å². The smallest absolute Gasteiger partial charge is 0.344 e. The quantitative estimate of drug-likeness (QED) is 0.413. The second-order valence-electron chi connectivity index (χ2n) is 5.33. The van der Waals surface area contributed by atoms with Gasteiger partial charge in [0, 0.05) is 16.2 Å². The van der Waals surface area contributed by atoms with Crippen molar-refractivity contribution in [2.45, 2.75) is 0 Å². The van der Waals surface area contributed by atoms with Gasteiger partial charge >= 0.3 is 5.63 Å². The van der Waals surface area contributed by atoms with E-state index in [9.17, 15) is 4.79 Å². The number of benzene rings is 3. The van der Waals surface area contributed by atoms with Gasteiger partial charge in [0.2, 0.25) is 0 Å². The van der Waals surface area contributed by atoms with Crippen molar-refractivity contribution in [3.05, 3.63) is 59.0 Å². The third kappa shape index (κ3) is 2.03. The first-order valence-corrected chi connectivity index (χ1v) is 7.22. The summed E-state index contributed by atoms with van der Waals surface area (Å²) >= 11 is 0. The lowest BCUT2D eigenvalue weighted by atomic mass is 10.0. The molecule has 0 radical (unpaired) electrons. The molecule has 23 heavy (non-hydrogen) atoms. The molecule has 0 aliphatic rings. The van der Waals surface area contributed by atoms with E-state index in [2.05, 4.69) is 0 Å². The average Bonchev–Trinajstić information content (AvgIpc) is 2.61. The number of ether oxygens (including phenoxy) is 2. The van der Waals surface area contributed by atoms with Crippen LogP contribution in [0.3, 0.4) is 0 Å². The van der Waals surface area contributed by atoms with Crippen LogP contribution < -0.4 is 15.1 Å². The van der Waals surface area contributed by atoms with Gasteiger partial charge in [0.25, 0.3) is 0 Å². The minimum absolute atomic E-state index is 0.373. The third-order valence-electron chi connectivity index (χ3n) is 4.11. The van der Waals surface area contributed by atoms with E-state index in [4.69, 9.17) is 13.9 Å². The Bertz CT molecular complexity index is 1110. The summed E-state index contributed by atoms with van der Waals surface area (Å²) in [5.41, 5.74) is 0.200. The van der Waals surface area contributed by atoms with Crippen LogP contribution in [-0.2, 0) is 0 Å². The van der Waals surface area contributed by atoms with Crippen molar-refractivity contribution in [3.63, 3.8) is 0 Å². The fourth-order valence-electron chi connectivity index (χ4n) is 2.92. The molecule has 0 atom stereocenters. The minimum Gasteiger partial charge on any atom is -0.497 e. The normalized spacial score (nSPS) is 11.2. The summed E-state index contributed by atoms with van der Waals surface area (Å²) in [4.78, 5) is 12.4. The van der Waals surface area contributed by atoms with E-state index < -0.39 is 0 Å². The topological polar surface area (TPSA) is 48.7 Å².